The van der Waals surface area contributed by atoms with Gasteiger partial charge in [-0.15, -0.1) is 0 Å². The maximum absolute atomic E-state index is 12.9. The van der Waals surface area contributed by atoms with Gasteiger partial charge in [-0.25, -0.2) is 9.13 Å². The first-order chi connectivity index (χ1) is 47.2. The average molecular weight is 1400 g/mol. The highest BCUT2D eigenvalue weighted by atomic mass is 31.2. The van der Waals surface area contributed by atoms with Crippen molar-refractivity contribution in [2.45, 2.75) is 283 Å². The van der Waals surface area contributed by atoms with Gasteiger partial charge in [-0.3, -0.25) is 32.5 Å². The fraction of sp³-hybridized carbons (Fsp3) is 0.633. The van der Waals surface area contributed by atoms with Gasteiger partial charge in [0, 0.05) is 19.3 Å². The third kappa shape index (κ3) is 72.2. The fourth-order valence-electron chi connectivity index (χ4n) is 9.17. The van der Waals surface area contributed by atoms with Gasteiger partial charge in [0.2, 0.25) is 0 Å². The summed E-state index contributed by atoms with van der Waals surface area (Å²) in [6.45, 7) is 2.31. The highest BCUT2D eigenvalue weighted by molar-refractivity contribution is 7.47. The number of ether oxygens (including phenoxy) is 3. The molecule has 0 saturated carbocycles. The molecule has 0 aliphatic rings. The molecular weight excluding hydrogens is 1270 g/mol. The lowest BCUT2D eigenvalue weighted by molar-refractivity contribution is -0.161. The van der Waals surface area contributed by atoms with Crippen LogP contribution in [-0.2, 0) is 55.8 Å². The topological polar surface area (TPSA) is 231 Å². The van der Waals surface area contributed by atoms with E-state index < -0.39 is 91.5 Å². The Balaban J connectivity index is 4.69. The van der Waals surface area contributed by atoms with E-state index in [9.17, 15) is 43.5 Å². The number of phosphoric acid groups is 2. The van der Waals surface area contributed by atoms with Crippen LogP contribution in [0, 0.1) is 0 Å². The monoisotopic (exact) mass is 1400 g/mol. The molecule has 4 N–H and O–H groups in total. The number of aliphatic hydroxyl groups excluding tert-OH is 2. The summed E-state index contributed by atoms with van der Waals surface area (Å²) < 4.78 is 61.0. The minimum Gasteiger partial charge on any atom is -0.463 e. The smallest absolute Gasteiger partial charge is 0.463 e. The summed E-state index contributed by atoms with van der Waals surface area (Å²) in [6, 6.07) is 0. The van der Waals surface area contributed by atoms with Crippen LogP contribution in [0.5, 0.6) is 0 Å². The van der Waals surface area contributed by atoms with E-state index in [1.807, 2.05) is 12.2 Å². The Kier molecular flexibility index (Phi) is 67.5. The quantitative estimate of drug-likeness (QED) is 0.0146. The van der Waals surface area contributed by atoms with Crippen LogP contribution in [0.4, 0.5) is 0 Å². The van der Waals surface area contributed by atoms with Crippen molar-refractivity contribution in [2.24, 2.45) is 0 Å². The van der Waals surface area contributed by atoms with Crippen molar-refractivity contribution < 1.29 is 75.8 Å². The molecule has 0 heterocycles. The molecule has 0 saturated heterocycles. The van der Waals surface area contributed by atoms with E-state index in [4.69, 9.17) is 32.3 Å². The Labute approximate surface area is 587 Å². The van der Waals surface area contributed by atoms with Crippen molar-refractivity contribution in [1.82, 2.24) is 0 Å². The lowest BCUT2D eigenvalue weighted by atomic mass is 10.1. The number of phosphoric ester groups is 2. The number of rotatable bonds is 68. The average Bonchev–Trinajstić information content (AvgIpc) is 2.50. The number of hydrogen-bond acceptors (Lipinski definition) is 14. The predicted octanol–water partition coefficient (Wildman–Crippen LogP) is 21.1. The van der Waals surface area contributed by atoms with Gasteiger partial charge in [-0.2, -0.15) is 0 Å². The van der Waals surface area contributed by atoms with E-state index in [1.54, 1.807) is 0 Å². The molecule has 0 aliphatic carbocycles. The number of aliphatic hydroxyl groups is 2. The van der Waals surface area contributed by atoms with Gasteiger partial charge in [0.05, 0.1) is 26.4 Å². The molecule has 0 spiro atoms. The summed E-state index contributed by atoms with van der Waals surface area (Å²) in [4.78, 5) is 58.5. The Morgan fingerprint density at radius 3 is 0.897 bits per heavy atom. The second kappa shape index (κ2) is 71.0. The van der Waals surface area contributed by atoms with Crippen molar-refractivity contribution in [2.75, 3.05) is 39.6 Å². The molecule has 0 aliphatic heterocycles. The minimum absolute atomic E-state index is 0.0180. The summed E-state index contributed by atoms with van der Waals surface area (Å²) in [5.74, 6) is -1.67. The zero-order chi connectivity index (χ0) is 70.9. The zero-order valence-corrected chi connectivity index (χ0v) is 61.7. The number of carbonyl (C=O) groups is 3. The fourth-order valence-corrected chi connectivity index (χ4v) is 10.8. The molecule has 0 aromatic carbocycles. The summed E-state index contributed by atoms with van der Waals surface area (Å²) >= 11 is 0. The maximum atomic E-state index is 12.9. The minimum atomic E-state index is -4.95. The van der Waals surface area contributed by atoms with Crippen LogP contribution < -0.4 is 0 Å². The Hall–Kier alpha value is -4.83. The van der Waals surface area contributed by atoms with Gasteiger partial charge >= 0.3 is 33.6 Å². The summed E-state index contributed by atoms with van der Waals surface area (Å²) in [5.41, 5.74) is 0. The molecule has 0 amide bonds. The molecule has 5 unspecified atom stereocenters. The van der Waals surface area contributed by atoms with Crippen molar-refractivity contribution in [1.29, 1.82) is 0 Å². The van der Waals surface area contributed by atoms with E-state index in [-0.39, 0.29) is 19.3 Å². The van der Waals surface area contributed by atoms with E-state index in [0.29, 0.717) is 25.7 Å². The molecule has 0 radical (unpaired) electrons. The van der Waals surface area contributed by atoms with E-state index in [2.05, 4.69) is 167 Å². The van der Waals surface area contributed by atoms with E-state index >= 15 is 0 Å². The van der Waals surface area contributed by atoms with Crippen molar-refractivity contribution in [3.8, 4) is 0 Å². The van der Waals surface area contributed by atoms with Gasteiger partial charge in [0.1, 0.15) is 25.4 Å². The Morgan fingerprint density at radius 1 is 0.299 bits per heavy atom. The highest BCUT2D eigenvalue weighted by Crippen LogP contribution is 2.45. The van der Waals surface area contributed by atoms with Crippen LogP contribution in [0.2, 0.25) is 0 Å². The van der Waals surface area contributed by atoms with Crippen LogP contribution in [-0.4, -0.2) is 95.9 Å². The van der Waals surface area contributed by atoms with E-state index in [0.717, 1.165) is 154 Å². The van der Waals surface area contributed by atoms with Gasteiger partial charge in [0.25, 0.3) is 0 Å². The van der Waals surface area contributed by atoms with Gasteiger partial charge in [-0.05, 0) is 141 Å². The predicted molar refractivity (Wildman–Crippen MR) is 399 cm³/mol. The third-order valence-corrected chi connectivity index (χ3v) is 16.6. The first-order valence-electron chi connectivity index (χ1n) is 36.8. The molecule has 16 nitrogen and oxygen atoms in total. The molecule has 97 heavy (non-hydrogen) atoms. The molecule has 0 aromatic rings. The Morgan fingerprint density at radius 2 is 0.557 bits per heavy atom. The summed E-state index contributed by atoms with van der Waals surface area (Å²) in [5, 5.41) is 20.6. The second-order valence-electron chi connectivity index (χ2n) is 24.0. The van der Waals surface area contributed by atoms with Crippen LogP contribution >= 0.6 is 15.6 Å². The molecule has 5 atom stereocenters. The van der Waals surface area contributed by atoms with Gasteiger partial charge in [-0.1, -0.05) is 262 Å². The molecule has 0 aromatic heterocycles. The van der Waals surface area contributed by atoms with Crippen LogP contribution in [0.3, 0.4) is 0 Å². The molecule has 0 rings (SSSR count). The standard InChI is InChI=1S/C79H130O16P2/c1-4-7-10-13-16-19-22-25-28-31-33-34-35-36-37-38-40-43-44-47-50-53-56-59-62-65-77(82)89-68-74(80)69-91-96(85,86)92-70-75(81)71-93-97(87,88)94-73-76(95-79(84)67-64-61-58-55-52-49-46-41-30-27-24-21-18-15-12-9-6-3)72-90-78(83)66-63-60-57-54-51-48-45-42-39-32-29-26-23-20-17-14-11-8-5-2/h7,9-10,12,16-21,25-30,33-34,36-37,39,42,46,49,55,58,74-76,80-81H,4-6,8,11,13-15,22-24,31-32,35,38,40-41,43-45,47-48,50-54,56-57,59-73H2,1-3H3,(H,85,86)(H,87,88)/b10-7-,12-9-,19-16-,20-17-,21-18-,28-25-,29-26-,30-27-,34-33-,37-36-,42-39-,49-46-,58-55-. The van der Waals surface area contributed by atoms with Crippen LogP contribution in [0.1, 0.15) is 265 Å². The number of unbranched alkanes of at least 4 members (excludes halogenated alkanes) is 19. The van der Waals surface area contributed by atoms with Gasteiger partial charge < -0.3 is 34.2 Å². The molecule has 0 bridgehead atoms. The first-order valence-corrected chi connectivity index (χ1v) is 39.8. The zero-order valence-electron chi connectivity index (χ0n) is 59.9. The lowest BCUT2D eigenvalue weighted by Crippen LogP contribution is -2.30. The highest BCUT2D eigenvalue weighted by Gasteiger charge is 2.29. The lowest BCUT2D eigenvalue weighted by Gasteiger charge is -2.21. The summed E-state index contributed by atoms with van der Waals surface area (Å²) in [6.07, 6.45) is 87.2. The summed E-state index contributed by atoms with van der Waals surface area (Å²) in [7, 11) is -9.82. The van der Waals surface area contributed by atoms with Gasteiger partial charge in [0.15, 0.2) is 6.10 Å². The second-order valence-corrected chi connectivity index (χ2v) is 26.9. The van der Waals surface area contributed by atoms with Crippen LogP contribution in [0.25, 0.3) is 0 Å². The number of carbonyl (C=O) groups excluding carboxylic acids is 3. The first kappa shape index (κ1) is 92.2. The number of hydrogen-bond donors (Lipinski definition) is 4. The molecule has 552 valence electrons. The normalized spacial score (nSPS) is 15.0. The van der Waals surface area contributed by atoms with Crippen molar-refractivity contribution >= 4 is 33.6 Å². The van der Waals surface area contributed by atoms with Crippen LogP contribution in [0.15, 0.2) is 158 Å². The van der Waals surface area contributed by atoms with E-state index in [1.165, 1.54) is 44.9 Å². The third-order valence-electron chi connectivity index (χ3n) is 14.7. The largest absolute Gasteiger partial charge is 0.472 e. The van der Waals surface area contributed by atoms with Crippen molar-refractivity contribution in [3.05, 3.63) is 158 Å². The molecule has 18 heteroatoms. The number of allylic oxidation sites excluding steroid dienone is 26. The SMILES string of the molecule is CC/C=C\C/C=C\C/C=C\C/C=C\C/C=C\CCCCCCCCCCCC(=O)OCC(O)COP(=O)(O)OCC(O)COP(=O)(O)OCC(COC(=O)CCCCCCCC/C=C\C/C=C\C/C=C\CCCCC)OC(=O)CCC/C=C\C/C=C\C/C=C\C/C=C\C/C=C\CC. The Bertz CT molecular complexity index is 2400. The maximum Gasteiger partial charge on any atom is 0.472 e. The number of esters is 3. The molecular formula is C79H130O16P2. The van der Waals surface area contributed by atoms with Crippen molar-refractivity contribution in [3.63, 3.8) is 0 Å². The molecule has 0 fully saturated rings.